The van der Waals surface area contributed by atoms with Gasteiger partial charge in [-0.25, -0.2) is 9.97 Å². The molecule has 33 heavy (non-hydrogen) atoms. The van der Waals surface area contributed by atoms with E-state index in [1.165, 1.54) is 6.33 Å². The lowest BCUT2D eigenvalue weighted by atomic mass is 10.2. The number of hydrogen-bond acceptors (Lipinski definition) is 9. The van der Waals surface area contributed by atoms with Crippen molar-refractivity contribution in [2.45, 2.75) is 13.5 Å². The first-order valence-corrected chi connectivity index (χ1v) is 11.9. The molecule has 4 rings (SSSR count). The van der Waals surface area contributed by atoms with Crippen LogP contribution in [0.5, 0.6) is 11.6 Å². The van der Waals surface area contributed by atoms with Crippen LogP contribution in [0.2, 0.25) is 0 Å². The standard InChI is InChI=1S/C22H23N5O5S/c1-15-12-17(8-9-18(15)31-13-16-6-4-3-5-7-16)25-20-19-21(24-14-23-20)26-27-22(19)30-10-11-32-33(2,28)29/h3-9,12,14H,10-11,13H2,1-2H3,(H2,23,24,25,26,27). The van der Waals surface area contributed by atoms with Gasteiger partial charge in [0.1, 0.15) is 43.1 Å². The van der Waals surface area contributed by atoms with Gasteiger partial charge in [-0.2, -0.15) is 8.42 Å². The lowest BCUT2D eigenvalue weighted by molar-refractivity contribution is 0.218. The molecule has 0 bridgehead atoms. The second-order valence-corrected chi connectivity index (χ2v) is 8.87. The van der Waals surface area contributed by atoms with E-state index in [4.69, 9.17) is 9.47 Å². The molecule has 0 unspecified atom stereocenters. The van der Waals surface area contributed by atoms with Gasteiger partial charge in [-0.3, -0.25) is 9.28 Å². The quantitative estimate of drug-likeness (QED) is 0.265. The zero-order chi connectivity index (χ0) is 23.3. The molecule has 0 saturated heterocycles. The van der Waals surface area contributed by atoms with Crippen molar-refractivity contribution in [1.29, 1.82) is 0 Å². The lowest BCUT2D eigenvalue weighted by Gasteiger charge is -2.12. The molecule has 4 aromatic rings. The zero-order valence-electron chi connectivity index (χ0n) is 18.1. The number of anilines is 2. The highest BCUT2D eigenvalue weighted by atomic mass is 32.2. The van der Waals surface area contributed by atoms with Gasteiger partial charge in [-0.05, 0) is 36.2 Å². The molecule has 0 amide bonds. The third-order valence-corrected chi connectivity index (χ3v) is 5.21. The average molecular weight is 470 g/mol. The summed E-state index contributed by atoms with van der Waals surface area (Å²) < 4.78 is 38.4. The van der Waals surface area contributed by atoms with Gasteiger partial charge in [0.05, 0.1) is 6.26 Å². The summed E-state index contributed by atoms with van der Waals surface area (Å²) in [5.41, 5.74) is 3.33. The normalized spacial score (nSPS) is 11.5. The monoisotopic (exact) mass is 469 g/mol. The van der Waals surface area contributed by atoms with Crippen molar-refractivity contribution in [1.82, 2.24) is 20.2 Å². The summed E-state index contributed by atoms with van der Waals surface area (Å²) in [5.74, 6) is 1.52. The maximum Gasteiger partial charge on any atom is 0.264 e. The number of rotatable bonds is 10. The number of aromatic nitrogens is 4. The molecule has 0 fully saturated rings. The Kier molecular flexibility index (Phi) is 6.71. The van der Waals surface area contributed by atoms with Crippen LogP contribution in [0.3, 0.4) is 0 Å². The topological polar surface area (TPSA) is 128 Å². The fraction of sp³-hybridized carbons (Fsp3) is 0.227. The number of aromatic amines is 1. The van der Waals surface area contributed by atoms with Crippen molar-refractivity contribution in [3.63, 3.8) is 0 Å². The molecule has 2 aromatic carbocycles. The van der Waals surface area contributed by atoms with Crippen LogP contribution in [0.1, 0.15) is 11.1 Å². The molecule has 2 heterocycles. The Labute approximate surface area is 191 Å². The van der Waals surface area contributed by atoms with Gasteiger partial charge in [-0.1, -0.05) is 30.3 Å². The zero-order valence-corrected chi connectivity index (χ0v) is 18.9. The van der Waals surface area contributed by atoms with Crippen molar-refractivity contribution in [2.75, 3.05) is 24.8 Å². The minimum Gasteiger partial charge on any atom is -0.489 e. The second kappa shape index (κ2) is 9.84. The molecule has 2 aromatic heterocycles. The summed E-state index contributed by atoms with van der Waals surface area (Å²) in [5, 5.41) is 10.7. The van der Waals surface area contributed by atoms with Crippen molar-refractivity contribution in [3.8, 4) is 11.6 Å². The van der Waals surface area contributed by atoms with Crippen molar-refractivity contribution < 1.29 is 22.1 Å². The number of ether oxygens (including phenoxy) is 2. The molecule has 0 aliphatic rings. The minimum absolute atomic E-state index is 0.00604. The van der Waals surface area contributed by atoms with Crippen molar-refractivity contribution in [3.05, 3.63) is 66.0 Å². The van der Waals surface area contributed by atoms with Crippen LogP contribution in [0.25, 0.3) is 11.0 Å². The highest BCUT2D eigenvalue weighted by Gasteiger charge is 2.15. The van der Waals surface area contributed by atoms with Crippen LogP contribution >= 0.6 is 0 Å². The predicted octanol–water partition coefficient (Wildman–Crippen LogP) is 3.34. The van der Waals surface area contributed by atoms with Gasteiger partial charge in [-0.15, -0.1) is 5.10 Å². The molecular formula is C22H23N5O5S. The fourth-order valence-electron chi connectivity index (χ4n) is 3.12. The van der Waals surface area contributed by atoms with E-state index in [1.54, 1.807) is 0 Å². The minimum atomic E-state index is -3.54. The highest BCUT2D eigenvalue weighted by molar-refractivity contribution is 7.85. The number of aryl methyl sites for hydroxylation is 1. The molecule has 10 nitrogen and oxygen atoms in total. The van der Waals surface area contributed by atoms with E-state index in [1.807, 2.05) is 55.5 Å². The second-order valence-electron chi connectivity index (χ2n) is 7.23. The Morgan fingerprint density at radius 1 is 1.03 bits per heavy atom. The molecule has 0 aliphatic heterocycles. The van der Waals surface area contributed by atoms with Crippen LogP contribution in [-0.4, -0.2) is 48.1 Å². The smallest absolute Gasteiger partial charge is 0.264 e. The summed E-state index contributed by atoms with van der Waals surface area (Å²) in [4.78, 5) is 8.47. The molecule has 0 spiro atoms. The number of fused-ring (bicyclic) bond motifs is 1. The molecule has 0 atom stereocenters. The molecule has 172 valence electrons. The van der Waals surface area contributed by atoms with Gasteiger partial charge in [0.2, 0.25) is 5.88 Å². The maximum atomic E-state index is 11.1. The van der Waals surface area contributed by atoms with Crippen molar-refractivity contribution in [2.24, 2.45) is 0 Å². The fourth-order valence-corrected chi connectivity index (χ4v) is 3.49. The predicted molar refractivity (Wildman–Crippen MR) is 123 cm³/mol. The van der Waals surface area contributed by atoms with E-state index >= 15 is 0 Å². The lowest BCUT2D eigenvalue weighted by Crippen LogP contribution is -2.11. The van der Waals surface area contributed by atoms with Crippen LogP contribution in [-0.2, 0) is 20.9 Å². The number of nitrogens with zero attached hydrogens (tertiary/aromatic N) is 3. The first-order chi connectivity index (χ1) is 15.9. The Hall–Kier alpha value is -3.70. The Morgan fingerprint density at radius 2 is 1.85 bits per heavy atom. The van der Waals surface area contributed by atoms with Crippen LogP contribution < -0.4 is 14.8 Å². The summed E-state index contributed by atoms with van der Waals surface area (Å²) in [6, 6.07) is 15.7. The van der Waals surface area contributed by atoms with Crippen LogP contribution in [0.4, 0.5) is 11.5 Å². The molecule has 11 heteroatoms. The van der Waals surface area contributed by atoms with E-state index in [-0.39, 0.29) is 19.1 Å². The maximum absolute atomic E-state index is 11.1. The summed E-state index contributed by atoms with van der Waals surface area (Å²) >= 11 is 0. The first kappa shape index (κ1) is 22.5. The Morgan fingerprint density at radius 3 is 2.61 bits per heavy atom. The summed E-state index contributed by atoms with van der Waals surface area (Å²) in [7, 11) is -3.54. The van der Waals surface area contributed by atoms with Crippen molar-refractivity contribution >= 4 is 32.7 Å². The molecule has 2 N–H and O–H groups in total. The van der Waals surface area contributed by atoms with E-state index in [2.05, 4.69) is 29.7 Å². The highest BCUT2D eigenvalue weighted by Crippen LogP contribution is 2.31. The van der Waals surface area contributed by atoms with Gasteiger partial charge < -0.3 is 14.8 Å². The summed E-state index contributed by atoms with van der Waals surface area (Å²) in [6.45, 7) is 2.32. The van der Waals surface area contributed by atoms with Crippen LogP contribution in [0.15, 0.2) is 54.9 Å². The molecule has 0 radical (unpaired) electrons. The third-order valence-electron chi connectivity index (χ3n) is 4.62. The van der Waals surface area contributed by atoms with Gasteiger partial charge in [0, 0.05) is 5.69 Å². The van der Waals surface area contributed by atoms with Gasteiger partial charge in [0.25, 0.3) is 10.1 Å². The Bertz CT molecular complexity index is 1340. The van der Waals surface area contributed by atoms with Gasteiger partial charge >= 0.3 is 0 Å². The average Bonchev–Trinajstić information content (AvgIpc) is 3.20. The molecule has 0 aliphatic carbocycles. The Balaban J connectivity index is 1.47. The number of H-pyrrole nitrogens is 1. The largest absolute Gasteiger partial charge is 0.489 e. The third kappa shape index (κ3) is 5.96. The van der Waals surface area contributed by atoms with E-state index in [9.17, 15) is 8.42 Å². The molecular weight excluding hydrogens is 446 g/mol. The number of benzene rings is 2. The SMILES string of the molecule is Cc1cc(Nc2ncnc3[nH]nc(OCCOS(C)(=O)=O)c23)ccc1OCc1ccccc1. The summed E-state index contributed by atoms with van der Waals surface area (Å²) in [6.07, 6.45) is 2.39. The van der Waals surface area contributed by atoms with E-state index in [0.29, 0.717) is 23.5 Å². The van der Waals surface area contributed by atoms with Crippen LogP contribution in [0, 0.1) is 6.92 Å². The molecule has 0 saturated carbocycles. The first-order valence-electron chi connectivity index (χ1n) is 10.1. The number of nitrogens with one attached hydrogen (secondary N) is 2. The van der Waals surface area contributed by atoms with E-state index in [0.717, 1.165) is 28.8 Å². The van der Waals surface area contributed by atoms with E-state index < -0.39 is 10.1 Å². The van der Waals surface area contributed by atoms with Gasteiger partial charge in [0.15, 0.2) is 5.65 Å². The number of hydrogen-bond donors (Lipinski definition) is 2.